The highest BCUT2D eigenvalue weighted by atomic mass is 16.3. The van der Waals surface area contributed by atoms with Gasteiger partial charge >= 0.3 is 0 Å². The lowest BCUT2D eigenvalue weighted by Gasteiger charge is -2.26. The number of amides is 1. The number of imidazole rings is 1. The first-order valence-electron chi connectivity index (χ1n) is 7.23. The van der Waals surface area contributed by atoms with Gasteiger partial charge in [0.15, 0.2) is 0 Å². The Balaban J connectivity index is 1.89. The van der Waals surface area contributed by atoms with E-state index < -0.39 is 0 Å². The van der Waals surface area contributed by atoms with Crippen LogP contribution >= 0.6 is 0 Å². The smallest absolute Gasteiger partial charge is 0.226 e. The van der Waals surface area contributed by atoms with Crippen LogP contribution in [0, 0.1) is 5.41 Å². The highest BCUT2D eigenvalue weighted by Crippen LogP contribution is 2.21. The van der Waals surface area contributed by atoms with Crippen LogP contribution in [0.4, 0.5) is 0 Å². The number of nitrogens with zero attached hydrogens (tertiary/aromatic N) is 2. The van der Waals surface area contributed by atoms with Gasteiger partial charge in [0.2, 0.25) is 5.91 Å². The van der Waals surface area contributed by atoms with Crippen molar-refractivity contribution in [3.05, 3.63) is 36.3 Å². The SMILES string of the molecule is CC(O)CC(C)(C)CNC(=O)Cc1cn2ccccc2n1. The number of carbonyl (C=O) groups is 1. The van der Waals surface area contributed by atoms with E-state index in [9.17, 15) is 9.90 Å². The van der Waals surface area contributed by atoms with E-state index in [0.717, 1.165) is 11.3 Å². The second-order valence-electron chi connectivity index (χ2n) is 6.37. The minimum absolute atomic E-state index is 0.0444. The van der Waals surface area contributed by atoms with E-state index in [4.69, 9.17) is 0 Å². The summed E-state index contributed by atoms with van der Waals surface area (Å²) >= 11 is 0. The van der Waals surface area contributed by atoms with Crippen LogP contribution in [0.1, 0.15) is 32.9 Å². The van der Waals surface area contributed by atoms with Crippen molar-refractivity contribution < 1.29 is 9.90 Å². The summed E-state index contributed by atoms with van der Waals surface area (Å²) < 4.78 is 1.90. The number of fused-ring (bicyclic) bond motifs is 1. The summed E-state index contributed by atoms with van der Waals surface area (Å²) in [4.78, 5) is 16.4. The highest BCUT2D eigenvalue weighted by Gasteiger charge is 2.21. The van der Waals surface area contributed by atoms with E-state index in [1.54, 1.807) is 6.92 Å². The maximum atomic E-state index is 12.0. The molecule has 0 radical (unpaired) electrons. The van der Waals surface area contributed by atoms with Crippen molar-refractivity contribution in [2.24, 2.45) is 5.41 Å². The summed E-state index contributed by atoms with van der Waals surface area (Å²) in [7, 11) is 0. The topological polar surface area (TPSA) is 66.6 Å². The van der Waals surface area contributed by atoms with Crippen LogP contribution < -0.4 is 5.32 Å². The number of aromatic nitrogens is 2. The monoisotopic (exact) mass is 289 g/mol. The Morgan fingerprint density at radius 2 is 2.24 bits per heavy atom. The molecule has 2 heterocycles. The lowest BCUT2D eigenvalue weighted by molar-refractivity contribution is -0.121. The molecular formula is C16H23N3O2. The third kappa shape index (κ3) is 4.56. The van der Waals surface area contributed by atoms with Gasteiger partial charge in [0.25, 0.3) is 0 Å². The molecule has 5 nitrogen and oxygen atoms in total. The molecule has 2 rings (SSSR count). The molecule has 0 aliphatic heterocycles. The van der Waals surface area contributed by atoms with Crippen LogP contribution in [-0.2, 0) is 11.2 Å². The first kappa shape index (κ1) is 15.5. The number of aliphatic hydroxyl groups excluding tert-OH is 1. The molecule has 2 N–H and O–H groups in total. The first-order valence-corrected chi connectivity index (χ1v) is 7.23. The molecule has 2 aromatic rings. The molecule has 1 unspecified atom stereocenters. The summed E-state index contributed by atoms with van der Waals surface area (Å²) in [5, 5.41) is 12.4. The predicted molar refractivity (Wildman–Crippen MR) is 82.0 cm³/mol. The van der Waals surface area contributed by atoms with Crippen LogP contribution in [0.2, 0.25) is 0 Å². The van der Waals surface area contributed by atoms with Gasteiger partial charge in [-0.15, -0.1) is 0 Å². The molecule has 1 amide bonds. The molecule has 0 aliphatic carbocycles. The molecular weight excluding hydrogens is 266 g/mol. The highest BCUT2D eigenvalue weighted by molar-refractivity contribution is 5.78. The average Bonchev–Trinajstić information content (AvgIpc) is 2.77. The average molecular weight is 289 g/mol. The Labute approximate surface area is 125 Å². The van der Waals surface area contributed by atoms with E-state index >= 15 is 0 Å². The Hall–Kier alpha value is -1.88. The number of nitrogens with one attached hydrogen (secondary N) is 1. The number of aliphatic hydroxyl groups is 1. The molecule has 0 fully saturated rings. The lowest BCUT2D eigenvalue weighted by atomic mass is 9.87. The zero-order valence-electron chi connectivity index (χ0n) is 12.8. The molecule has 21 heavy (non-hydrogen) atoms. The van der Waals surface area contributed by atoms with Crippen molar-refractivity contribution in [2.75, 3.05) is 6.54 Å². The molecule has 0 spiro atoms. The van der Waals surface area contributed by atoms with Crippen molar-refractivity contribution >= 4 is 11.6 Å². The van der Waals surface area contributed by atoms with Crippen LogP contribution in [0.5, 0.6) is 0 Å². The van der Waals surface area contributed by atoms with E-state index in [1.807, 2.05) is 48.8 Å². The number of pyridine rings is 1. The van der Waals surface area contributed by atoms with E-state index in [-0.39, 0.29) is 23.8 Å². The van der Waals surface area contributed by atoms with E-state index in [1.165, 1.54) is 0 Å². The van der Waals surface area contributed by atoms with Crippen molar-refractivity contribution in [1.29, 1.82) is 0 Å². The normalized spacial score (nSPS) is 13.3. The Morgan fingerprint density at radius 3 is 2.90 bits per heavy atom. The molecule has 0 aromatic carbocycles. The van der Waals surface area contributed by atoms with Gasteiger partial charge < -0.3 is 14.8 Å². The van der Waals surface area contributed by atoms with Crippen LogP contribution in [0.15, 0.2) is 30.6 Å². The molecule has 0 saturated heterocycles. The number of hydrogen-bond acceptors (Lipinski definition) is 3. The van der Waals surface area contributed by atoms with Gasteiger partial charge in [0, 0.05) is 18.9 Å². The molecule has 0 saturated carbocycles. The summed E-state index contributed by atoms with van der Waals surface area (Å²) in [6.07, 6.45) is 4.34. The van der Waals surface area contributed by atoms with Crippen LogP contribution in [0.3, 0.4) is 0 Å². The third-order valence-corrected chi connectivity index (χ3v) is 3.37. The third-order valence-electron chi connectivity index (χ3n) is 3.37. The molecule has 5 heteroatoms. The predicted octanol–water partition coefficient (Wildman–Crippen LogP) is 1.79. The van der Waals surface area contributed by atoms with Gasteiger partial charge in [-0.05, 0) is 30.9 Å². The standard InChI is InChI=1S/C16H23N3O2/c1-12(20)9-16(2,3)11-17-15(21)8-13-10-19-7-5-4-6-14(19)18-13/h4-7,10,12,20H,8-9,11H2,1-3H3,(H,17,21). The molecule has 114 valence electrons. The van der Waals surface area contributed by atoms with Crippen molar-refractivity contribution in [2.45, 2.75) is 39.7 Å². The minimum Gasteiger partial charge on any atom is -0.393 e. The van der Waals surface area contributed by atoms with E-state index in [0.29, 0.717) is 13.0 Å². The second-order valence-corrected chi connectivity index (χ2v) is 6.37. The van der Waals surface area contributed by atoms with E-state index in [2.05, 4.69) is 10.3 Å². The summed E-state index contributed by atoms with van der Waals surface area (Å²) in [5.74, 6) is -0.0444. The summed E-state index contributed by atoms with van der Waals surface area (Å²) in [5.41, 5.74) is 1.48. The molecule has 2 aromatic heterocycles. The van der Waals surface area contributed by atoms with Crippen LogP contribution in [-0.4, -0.2) is 33.0 Å². The van der Waals surface area contributed by atoms with Gasteiger partial charge in [-0.25, -0.2) is 4.98 Å². The minimum atomic E-state index is -0.365. The second kappa shape index (κ2) is 6.26. The fourth-order valence-corrected chi connectivity index (χ4v) is 2.51. The molecule has 0 aliphatic rings. The zero-order valence-corrected chi connectivity index (χ0v) is 12.8. The van der Waals surface area contributed by atoms with Gasteiger partial charge in [0.1, 0.15) is 5.65 Å². The maximum Gasteiger partial charge on any atom is 0.226 e. The number of hydrogen-bond donors (Lipinski definition) is 2. The maximum absolute atomic E-state index is 12.0. The Bertz CT molecular complexity index is 584. The Kier molecular flexibility index (Phi) is 4.63. The molecule has 0 bridgehead atoms. The zero-order chi connectivity index (χ0) is 15.5. The molecule has 1 atom stereocenters. The Morgan fingerprint density at radius 1 is 1.48 bits per heavy atom. The first-order chi connectivity index (χ1) is 9.85. The summed E-state index contributed by atoms with van der Waals surface area (Å²) in [6.45, 7) is 6.38. The van der Waals surface area contributed by atoms with Gasteiger partial charge in [-0.1, -0.05) is 19.9 Å². The fraction of sp³-hybridized carbons (Fsp3) is 0.500. The quantitative estimate of drug-likeness (QED) is 0.852. The number of rotatable bonds is 6. The largest absolute Gasteiger partial charge is 0.393 e. The van der Waals surface area contributed by atoms with Crippen LogP contribution in [0.25, 0.3) is 5.65 Å². The van der Waals surface area contributed by atoms with Crippen molar-refractivity contribution in [3.63, 3.8) is 0 Å². The lowest BCUT2D eigenvalue weighted by Crippen LogP contribution is -2.36. The van der Waals surface area contributed by atoms with Crippen molar-refractivity contribution in [1.82, 2.24) is 14.7 Å². The van der Waals surface area contributed by atoms with Gasteiger partial charge in [0.05, 0.1) is 18.2 Å². The van der Waals surface area contributed by atoms with Gasteiger partial charge in [-0.2, -0.15) is 0 Å². The summed E-state index contributed by atoms with van der Waals surface area (Å²) in [6, 6.07) is 5.76. The fourth-order valence-electron chi connectivity index (χ4n) is 2.51. The number of carbonyl (C=O) groups excluding carboxylic acids is 1. The van der Waals surface area contributed by atoms with Crippen molar-refractivity contribution in [3.8, 4) is 0 Å². The van der Waals surface area contributed by atoms with Gasteiger partial charge in [-0.3, -0.25) is 4.79 Å².